The standard InChI is InChI=1S/C15H19N3OS/c1-2-7-17-14(19)8-12-10-20-15(18-12)13-6-4-3-5-11(13)9-16/h3-6,10H,2,7-9,16H2,1H3,(H,17,19). The number of amides is 1. The van der Waals surface area contributed by atoms with Crippen molar-refractivity contribution in [2.24, 2.45) is 5.73 Å². The number of thiazole rings is 1. The molecule has 0 aliphatic rings. The number of aromatic nitrogens is 1. The van der Waals surface area contributed by atoms with Crippen molar-refractivity contribution in [2.75, 3.05) is 6.54 Å². The number of benzene rings is 1. The Balaban J connectivity index is 2.10. The lowest BCUT2D eigenvalue weighted by Gasteiger charge is -2.03. The largest absolute Gasteiger partial charge is 0.356 e. The van der Waals surface area contributed by atoms with Gasteiger partial charge in [0.15, 0.2) is 0 Å². The van der Waals surface area contributed by atoms with Crippen LogP contribution in [0.25, 0.3) is 10.6 Å². The van der Waals surface area contributed by atoms with E-state index in [2.05, 4.69) is 10.3 Å². The summed E-state index contributed by atoms with van der Waals surface area (Å²) in [5.74, 6) is 0.0239. The highest BCUT2D eigenvalue weighted by Gasteiger charge is 2.10. The Morgan fingerprint density at radius 1 is 1.40 bits per heavy atom. The van der Waals surface area contributed by atoms with Crippen LogP contribution in [0.1, 0.15) is 24.6 Å². The molecule has 0 spiro atoms. The first kappa shape index (κ1) is 14.7. The fourth-order valence-corrected chi connectivity index (χ4v) is 2.79. The van der Waals surface area contributed by atoms with Crippen LogP contribution in [0.2, 0.25) is 0 Å². The third-order valence-electron chi connectivity index (χ3n) is 2.93. The average molecular weight is 289 g/mol. The van der Waals surface area contributed by atoms with Gasteiger partial charge in [-0.15, -0.1) is 11.3 Å². The Morgan fingerprint density at radius 3 is 2.95 bits per heavy atom. The molecule has 5 heteroatoms. The number of carbonyl (C=O) groups excluding carboxylic acids is 1. The monoisotopic (exact) mass is 289 g/mol. The summed E-state index contributed by atoms with van der Waals surface area (Å²) in [5.41, 5.74) is 8.68. The van der Waals surface area contributed by atoms with Crippen molar-refractivity contribution in [1.29, 1.82) is 0 Å². The van der Waals surface area contributed by atoms with Crippen LogP contribution in [-0.2, 0) is 17.8 Å². The average Bonchev–Trinajstić information content (AvgIpc) is 2.93. The molecule has 0 saturated heterocycles. The number of nitrogens with zero attached hydrogens (tertiary/aromatic N) is 1. The first-order chi connectivity index (χ1) is 9.74. The van der Waals surface area contributed by atoms with E-state index in [0.29, 0.717) is 19.5 Å². The van der Waals surface area contributed by atoms with Gasteiger partial charge in [-0.05, 0) is 12.0 Å². The van der Waals surface area contributed by atoms with Crippen molar-refractivity contribution in [1.82, 2.24) is 10.3 Å². The molecule has 1 aromatic heterocycles. The Bertz CT molecular complexity index is 580. The normalized spacial score (nSPS) is 10.5. The number of carbonyl (C=O) groups is 1. The molecule has 0 radical (unpaired) electrons. The van der Waals surface area contributed by atoms with Gasteiger partial charge >= 0.3 is 0 Å². The minimum Gasteiger partial charge on any atom is -0.356 e. The van der Waals surface area contributed by atoms with Crippen molar-refractivity contribution in [3.8, 4) is 10.6 Å². The molecule has 1 heterocycles. The summed E-state index contributed by atoms with van der Waals surface area (Å²) < 4.78 is 0. The van der Waals surface area contributed by atoms with E-state index in [1.807, 2.05) is 36.6 Å². The zero-order chi connectivity index (χ0) is 14.4. The van der Waals surface area contributed by atoms with Gasteiger partial charge in [0.1, 0.15) is 5.01 Å². The molecule has 2 aromatic rings. The minimum atomic E-state index is 0.0239. The summed E-state index contributed by atoms with van der Waals surface area (Å²) in [6, 6.07) is 7.97. The van der Waals surface area contributed by atoms with Gasteiger partial charge in [0.2, 0.25) is 5.91 Å². The van der Waals surface area contributed by atoms with E-state index in [9.17, 15) is 4.79 Å². The number of rotatable bonds is 6. The molecule has 4 nitrogen and oxygen atoms in total. The molecule has 0 saturated carbocycles. The van der Waals surface area contributed by atoms with Crippen LogP contribution in [0.3, 0.4) is 0 Å². The van der Waals surface area contributed by atoms with Crippen molar-refractivity contribution in [3.05, 3.63) is 40.9 Å². The Morgan fingerprint density at radius 2 is 2.20 bits per heavy atom. The van der Waals surface area contributed by atoms with Gasteiger partial charge in [-0.2, -0.15) is 0 Å². The van der Waals surface area contributed by atoms with E-state index in [0.717, 1.165) is 28.2 Å². The fraction of sp³-hybridized carbons (Fsp3) is 0.333. The molecule has 3 N–H and O–H groups in total. The summed E-state index contributed by atoms with van der Waals surface area (Å²) in [6.45, 7) is 3.24. The van der Waals surface area contributed by atoms with Crippen LogP contribution >= 0.6 is 11.3 Å². The molecule has 0 aliphatic heterocycles. The van der Waals surface area contributed by atoms with Crippen LogP contribution in [0.5, 0.6) is 0 Å². The predicted molar refractivity (Wildman–Crippen MR) is 82.4 cm³/mol. The van der Waals surface area contributed by atoms with Crippen LogP contribution in [0.4, 0.5) is 0 Å². The van der Waals surface area contributed by atoms with Gasteiger partial charge in [-0.25, -0.2) is 4.98 Å². The first-order valence-corrected chi connectivity index (χ1v) is 7.62. The Hall–Kier alpha value is -1.72. The number of nitrogens with one attached hydrogen (secondary N) is 1. The van der Waals surface area contributed by atoms with Crippen molar-refractivity contribution in [2.45, 2.75) is 26.3 Å². The summed E-state index contributed by atoms with van der Waals surface area (Å²) >= 11 is 1.55. The highest BCUT2D eigenvalue weighted by Crippen LogP contribution is 2.27. The van der Waals surface area contributed by atoms with E-state index in [-0.39, 0.29) is 5.91 Å². The van der Waals surface area contributed by atoms with Crippen molar-refractivity contribution < 1.29 is 4.79 Å². The first-order valence-electron chi connectivity index (χ1n) is 6.74. The Labute approximate surface area is 123 Å². The van der Waals surface area contributed by atoms with Gasteiger partial charge in [-0.1, -0.05) is 31.2 Å². The van der Waals surface area contributed by atoms with Gasteiger partial charge < -0.3 is 11.1 Å². The highest BCUT2D eigenvalue weighted by molar-refractivity contribution is 7.13. The predicted octanol–water partition coefficient (Wildman–Crippen LogP) is 2.34. The van der Waals surface area contributed by atoms with Crippen LogP contribution in [0.15, 0.2) is 29.6 Å². The molecule has 0 atom stereocenters. The van der Waals surface area contributed by atoms with Gasteiger partial charge in [0.05, 0.1) is 12.1 Å². The van der Waals surface area contributed by atoms with E-state index < -0.39 is 0 Å². The van der Waals surface area contributed by atoms with E-state index in [1.165, 1.54) is 0 Å². The maximum Gasteiger partial charge on any atom is 0.226 e. The molecule has 0 unspecified atom stereocenters. The molecule has 20 heavy (non-hydrogen) atoms. The second kappa shape index (κ2) is 7.17. The van der Waals surface area contributed by atoms with Gasteiger partial charge in [0.25, 0.3) is 0 Å². The third kappa shape index (κ3) is 3.65. The SMILES string of the molecule is CCCNC(=O)Cc1csc(-c2ccccc2CN)n1. The topological polar surface area (TPSA) is 68.0 Å². The summed E-state index contributed by atoms with van der Waals surface area (Å²) in [4.78, 5) is 16.2. The molecule has 1 amide bonds. The quantitative estimate of drug-likeness (QED) is 0.857. The second-order valence-corrected chi connectivity index (χ2v) is 5.39. The van der Waals surface area contributed by atoms with E-state index in [1.54, 1.807) is 11.3 Å². The molecule has 0 bridgehead atoms. The molecular formula is C15H19N3OS. The number of hydrogen-bond donors (Lipinski definition) is 2. The van der Waals surface area contributed by atoms with Gasteiger partial charge in [-0.3, -0.25) is 4.79 Å². The fourth-order valence-electron chi connectivity index (χ4n) is 1.91. The Kier molecular flexibility index (Phi) is 5.26. The lowest BCUT2D eigenvalue weighted by molar-refractivity contribution is -0.120. The minimum absolute atomic E-state index is 0.0239. The molecular weight excluding hydrogens is 270 g/mol. The summed E-state index contributed by atoms with van der Waals surface area (Å²) in [6.07, 6.45) is 1.28. The number of nitrogens with two attached hydrogens (primary N) is 1. The maximum atomic E-state index is 11.7. The smallest absolute Gasteiger partial charge is 0.226 e. The zero-order valence-corrected chi connectivity index (χ0v) is 12.4. The third-order valence-corrected chi connectivity index (χ3v) is 3.86. The summed E-state index contributed by atoms with van der Waals surface area (Å²) in [5, 5.41) is 5.72. The maximum absolute atomic E-state index is 11.7. The second-order valence-electron chi connectivity index (χ2n) is 4.53. The lowest BCUT2D eigenvalue weighted by Crippen LogP contribution is -2.25. The van der Waals surface area contributed by atoms with E-state index >= 15 is 0 Å². The molecule has 2 rings (SSSR count). The number of hydrogen-bond acceptors (Lipinski definition) is 4. The van der Waals surface area contributed by atoms with Crippen LogP contribution in [0, 0.1) is 0 Å². The van der Waals surface area contributed by atoms with Crippen LogP contribution in [-0.4, -0.2) is 17.4 Å². The molecule has 0 aliphatic carbocycles. The molecule has 1 aromatic carbocycles. The summed E-state index contributed by atoms with van der Waals surface area (Å²) in [7, 11) is 0. The highest BCUT2D eigenvalue weighted by atomic mass is 32.1. The molecule has 0 fully saturated rings. The van der Waals surface area contributed by atoms with Crippen molar-refractivity contribution in [3.63, 3.8) is 0 Å². The van der Waals surface area contributed by atoms with Gasteiger partial charge in [0, 0.05) is 24.0 Å². The van der Waals surface area contributed by atoms with E-state index in [4.69, 9.17) is 5.73 Å². The van der Waals surface area contributed by atoms with Crippen LogP contribution < -0.4 is 11.1 Å². The van der Waals surface area contributed by atoms with Crippen molar-refractivity contribution >= 4 is 17.2 Å². The lowest BCUT2D eigenvalue weighted by atomic mass is 10.1. The zero-order valence-electron chi connectivity index (χ0n) is 11.6. The molecule has 106 valence electrons.